The van der Waals surface area contributed by atoms with Gasteiger partial charge in [-0.05, 0) is 36.2 Å². The van der Waals surface area contributed by atoms with Crippen LogP contribution in [0.2, 0.25) is 0 Å². The van der Waals surface area contributed by atoms with Gasteiger partial charge in [-0.2, -0.15) is 0 Å². The summed E-state index contributed by atoms with van der Waals surface area (Å²) in [7, 11) is 1.39. The Balaban J connectivity index is 2.43. The second kappa shape index (κ2) is 6.58. The lowest BCUT2D eigenvalue weighted by molar-refractivity contribution is 0.0599. The van der Waals surface area contributed by atoms with Crippen molar-refractivity contribution in [2.24, 2.45) is 0 Å². The van der Waals surface area contributed by atoms with Crippen molar-refractivity contribution in [3.63, 3.8) is 0 Å². The van der Waals surface area contributed by atoms with E-state index in [-0.39, 0.29) is 5.97 Å². The minimum absolute atomic E-state index is 0.315. The van der Waals surface area contributed by atoms with E-state index in [0.29, 0.717) is 5.56 Å². The van der Waals surface area contributed by atoms with E-state index in [1.807, 2.05) is 49.4 Å². The lowest BCUT2D eigenvalue weighted by Gasteiger charge is -2.07. The van der Waals surface area contributed by atoms with Gasteiger partial charge in [-0.25, -0.2) is 4.79 Å². The molecule has 2 nitrogen and oxygen atoms in total. The summed E-state index contributed by atoms with van der Waals surface area (Å²) < 4.78 is 4.81. The van der Waals surface area contributed by atoms with Gasteiger partial charge >= 0.3 is 5.97 Å². The van der Waals surface area contributed by atoms with Crippen molar-refractivity contribution >= 4 is 5.97 Å². The predicted octanol–water partition coefficient (Wildman–Crippen LogP) is 3.44. The molecule has 0 saturated heterocycles. The molecule has 0 heterocycles. The zero-order valence-electron chi connectivity index (χ0n) is 11.6. The summed E-state index contributed by atoms with van der Waals surface area (Å²) in [4.78, 5) is 11.7. The molecule has 0 N–H and O–H groups in total. The van der Waals surface area contributed by atoms with Crippen molar-refractivity contribution < 1.29 is 9.53 Å². The lowest BCUT2D eigenvalue weighted by Crippen LogP contribution is -2.06. The minimum atomic E-state index is -0.315. The summed E-state index contributed by atoms with van der Waals surface area (Å²) in [6.07, 6.45) is 0.740. The largest absolute Gasteiger partial charge is 0.465 e. The molecule has 0 aromatic heterocycles. The Morgan fingerprint density at radius 3 is 2.45 bits per heavy atom. The zero-order chi connectivity index (χ0) is 14.4. The zero-order valence-corrected chi connectivity index (χ0v) is 11.6. The third-order valence-corrected chi connectivity index (χ3v) is 3.05. The summed E-state index contributed by atoms with van der Waals surface area (Å²) in [6, 6.07) is 15.3. The SMILES string of the molecule is CCc1c(C#Cc2ccccc2)cccc1C(=O)OC. The maximum absolute atomic E-state index is 11.7. The van der Waals surface area contributed by atoms with E-state index in [1.165, 1.54) is 7.11 Å². The van der Waals surface area contributed by atoms with Crippen molar-refractivity contribution in [2.45, 2.75) is 13.3 Å². The third kappa shape index (κ3) is 3.07. The molecule has 0 radical (unpaired) electrons. The second-order valence-corrected chi connectivity index (χ2v) is 4.29. The first-order valence-corrected chi connectivity index (χ1v) is 6.53. The van der Waals surface area contributed by atoms with E-state index in [0.717, 1.165) is 23.1 Å². The molecule has 0 unspecified atom stereocenters. The molecule has 0 aliphatic heterocycles. The van der Waals surface area contributed by atoms with E-state index in [1.54, 1.807) is 6.07 Å². The Labute approximate surface area is 119 Å². The van der Waals surface area contributed by atoms with Crippen LogP contribution in [0.5, 0.6) is 0 Å². The van der Waals surface area contributed by atoms with Crippen molar-refractivity contribution in [2.75, 3.05) is 7.11 Å². The van der Waals surface area contributed by atoms with Gasteiger partial charge in [0.2, 0.25) is 0 Å². The first-order chi connectivity index (χ1) is 9.76. The van der Waals surface area contributed by atoms with E-state index >= 15 is 0 Å². The van der Waals surface area contributed by atoms with Crippen LogP contribution in [0.4, 0.5) is 0 Å². The summed E-state index contributed by atoms with van der Waals surface area (Å²) in [5.41, 5.74) is 3.36. The number of esters is 1. The number of carbonyl (C=O) groups excluding carboxylic acids is 1. The first-order valence-electron chi connectivity index (χ1n) is 6.53. The Morgan fingerprint density at radius 2 is 1.80 bits per heavy atom. The lowest BCUT2D eigenvalue weighted by atomic mass is 9.99. The highest BCUT2D eigenvalue weighted by atomic mass is 16.5. The topological polar surface area (TPSA) is 26.3 Å². The highest BCUT2D eigenvalue weighted by molar-refractivity contribution is 5.91. The van der Waals surface area contributed by atoms with Crippen molar-refractivity contribution in [1.82, 2.24) is 0 Å². The van der Waals surface area contributed by atoms with Crippen LogP contribution in [0.1, 0.15) is 34.0 Å². The van der Waals surface area contributed by atoms with Gasteiger partial charge in [0.15, 0.2) is 0 Å². The summed E-state index contributed by atoms with van der Waals surface area (Å²) >= 11 is 0. The average molecular weight is 264 g/mol. The first kappa shape index (κ1) is 13.9. The van der Waals surface area contributed by atoms with Crippen LogP contribution in [-0.4, -0.2) is 13.1 Å². The Morgan fingerprint density at radius 1 is 1.05 bits per heavy atom. The van der Waals surface area contributed by atoms with Gasteiger partial charge in [-0.1, -0.05) is 43.0 Å². The van der Waals surface area contributed by atoms with Crippen LogP contribution in [0.25, 0.3) is 0 Å². The normalized spacial score (nSPS) is 9.50. The van der Waals surface area contributed by atoms with Gasteiger partial charge in [0.25, 0.3) is 0 Å². The molecule has 0 aliphatic carbocycles. The number of carbonyl (C=O) groups is 1. The molecule has 0 bridgehead atoms. The molecule has 2 heteroatoms. The van der Waals surface area contributed by atoms with Crippen LogP contribution < -0.4 is 0 Å². The van der Waals surface area contributed by atoms with E-state index < -0.39 is 0 Å². The minimum Gasteiger partial charge on any atom is -0.465 e. The van der Waals surface area contributed by atoms with Crippen LogP contribution >= 0.6 is 0 Å². The molecule has 2 aromatic rings. The maximum atomic E-state index is 11.7. The van der Waals surface area contributed by atoms with Crippen molar-refractivity contribution in [3.05, 3.63) is 70.8 Å². The van der Waals surface area contributed by atoms with Crippen LogP contribution in [0.15, 0.2) is 48.5 Å². The van der Waals surface area contributed by atoms with Crippen molar-refractivity contribution in [3.8, 4) is 11.8 Å². The summed E-state index contributed by atoms with van der Waals surface area (Å²) in [6.45, 7) is 2.01. The van der Waals surface area contributed by atoms with Crippen molar-refractivity contribution in [1.29, 1.82) is 0 Å². The molecule has 0 atom stereocenters. The standard InChI is InChI=1S/C18H16O2/c1-3-16-15(10-7-11-17(16)18(19)20-2)13-12-14-8-5-4-6-9-14/h4-11H,3H2,1-2H3. The molecular weight excluding hydrogens is 248 g/mol. The monoisotopic (exact) mass is 264 g/mol. The van der Waals surface area contributed by atoms with Gasteiger partial charge < -0.3 is 4.74 Å². The molecule has 2 rings (SSSR count). The summed E-state index contributed by atoms with van der Waals surface area (Å²) in [5, 5.41) is 0. The molecule has 0 amide bonds. The fourth-order valence-electron chi connectivity index (χ4n) is 2.05. The molecule has 0 saturated carbocycles. The summed E-state index contributed by atoms with van der Waals surface area (Å²) in [5.74, 6) is 5.95. The number of methoxy groups -OCH3 is 1. The van der Waals surface area contributed by atoms with E-state index in [2.05, 4.69) is 11.8 Å². The van der Waals surface area contributed by atoms with Gasteiger partial charge in [0.05, 0.1) is 12.7 Å². The molecule has 20 heavy (non-hydrogen) atoms. The number of hydrogen-bond acceptors (Lipinski definition) is 2. The quantitative estimate of drug-likeness (QED) is 0.613. The smallest absolute Gasteiger partial charge is 0.338 e. The fourth-order valence-corrected chi connectivity index (χ4v) is 2.05. The van der Waals surface area contributed by atoms with Gasteiger partial charge in [-0.15, -0.1) is 0 Å². The van der Waals surface area contributed by atoms with Crippen LogP contribution in [0.3, 0.4) is 0 Å². The maximum Gasteiger partial charge on any atom is 0.338 e. The van der Waals surface area contributed by atoms with Crippen LogP contribution in [0, 0.1) is 11.8 Å². The number of rotatable bonds is 2. The molecule has 2 aromatic carbocycles. The highest BCUT2D eigenvalue weighted by Crippen LogP contribution is 2.16. The molecule has 0 aliphatic rings. The second-order valence-electron chi connectivity index (χ2n) is 4.29. The highest BCUT2D eigenvalue weighted by Gasteiger charge is 2.12. The Kier molecular flexibility index (Phi) is 4.57. The number of hydrogen-bond donors (Lipinski definition) is 0. The number of ether oxygens (including phenoxy) is 1. The number of benzene rings is 2. The molecular formula is C18H16O2. The van der Waals surface area contributed by atoms with Crippen LogP contribution in [-0.2, 0) is 11.2 Å². The van der Waals surface area contributed by atoms with E-state index in [9.17, 15) is 4.79 Å². The third-order valence-electron chi connectivity index (χ3n) is 3.05. The molecule has 100 valence electrons. The predicted molar refractivity (Wildman–Crippen MR) is 79.6 cm³/mol. The van der Waals surface area contributed by atoms with Gasteiger partial charge in [0, 0.05) is 11.1 Å². The fraction of sp³-hybridized carbons (Fsp3) is 0.167. The Bertz CT molecular complexity index is 661. The molecule has 0 spiro atoms. The Hall–Kier alpha value is -2.53. The van der Waals surface area contributed by atoms with Gasteiger partial charge in [-0.3, -0.25) is 0 Å². The van der Waals surface area contributed by atoms with E-state index in [4.69, 9.17) is 4.74 Å². The average Bonchev–Trinajstić information content (AvgIpc) is 2.52. The molecule has 0 fully saturated rings. The van der Waals surface area contributed by atoms with Gasteiger partial charge in [0.1, 0.15) is 0 Å².